The Hall–Kier alpha value is -3.30. The lowest BCUT2D eigenvalue weighted by atomic mass is 10.1. The van der Waals surface area contributed by atoms with Crippen LogP contribution in [0.1, 0.15) is 16.6 Å². The van der Waals surface area contributed by atoms with Gasteiger partial charge in [-0.25, -0.2) is 15.0 Å². The molecule has 1 aliphatic heterocycles. The number of aromatic nitrogens is 4. The van der Waals surface area contributed by atoms with Crippen LogP contribution in [0.4, 0.5) is 5.82 Å². The zero-order chi connectivity index (χ0) is 23.1. The number of amides is 1. The van der Waals surface area contributed by atoms with Crippen LogP contribution in [0.3, 0.4) is 0 Å². The maximum atomic E-state index is 12.5. The molecule has 3 N–H and O–H groups in total. The van der Waals surface area contributed by atoms with Crippen LogP contribution in [0, 0.1) is 12.3 Å². The van der Waals surface area contributed by atoms with Crippen LogP contribution in [0.15, 0.2) is 43.0 Å². The van der Waals surface area contributed by atoms with Gasteiger partial charge in [-0.15, -0.1) is 6.42 Å². The van der Waals surface area contributed by atoms with Crippen LogP contribution >= 0.6 is 0 Å². The zero-order valence-electron chi connectivity index (χ0n) is 17.3. The van der Waals surface area contributed by atoms with E-state index in [1.54, 1.807) is 28.8 Å². The van der Waals surface area contributed by atoms with Crippen molar-refractivity contribution in [1.82, 2.24) is 19.5 Å². The van der Waals surface area contributed by atoms with E-state index < -0.39 is 31.1 Å². The van der Waals surface area contributed by atoms with Crippen molar-refractivity contribution in [2.24, 2.45) is 0 Å². The van der Waals surface area contributed by atoms with Crippen molar-refractivity contribution in [2.75, 3.05) is 18.5 Å². The molecule has 1 amide bonds. The van der Waals surface area contributed by atoms with Gasteiger partial charge in [0.05, 0.1) is 20.8 Å². The van der Waals surface area contributed by atoms with Gasteiger partial charge in [-0.05, 0) is 12.1 Å². The highest BCUT2D eigenvalue weighted by Crippen LogP contribution is 2.34. The van der Waals surface area contributed by atoms with Crippen LogP contribution in [0.5, 0.6) is 0 Å². The van der Waals surface area contributed by atoms with Gasteiger partial charge in [-0.2, -0.15) is 0 Å². The van der Waals surface area contributed by atoms with Crippen molar-refractivity contribution in [2.45, 2.75) is 31.4 Å². The lowest BCUT2D eigenvalue weighted by Gasteiger charge is -2.21. The molecule has 4 rings (SSSR count). The third kappa shape index (κ3) is 4.63. The first-order valence-electron chi connectivity index (χ1n) is 9.75. The SMILES string of the molecule is C#CCOC1[C@@H](O)[C@@H](CO)O[C@H]1n1cnc2c(NC(=O)c3ccccc3)ncnc21.[B]C. The quantitative estimate of drug-likeness (QED) is 0.378. The second-order valence-corrected chi connectivity index (χ2v) is 6.58. The van der Waals surface area contributed by atoms with Gasteiger partial charge in [-0.1, -0.05) is 30.9 Å². The van der Waals surface area contributed by atoms with Crippen molar-refractivity contribution in [1.29, 1.82) is 0 Å². The van der Waals surface area contributed by atoms with E-state index >= 15 is 0 Å². The molecule has 2 radical (unpaired) electrons. The number of nitrogens with one attached hydrogen (secondary N) is 1. The lowest BCUT2D eigenvalue weighted by molar-refractivity contribution is -0.0636. The van der Waals surface area contributed by atoms with Gasteiger partial charge in [0, 0.05) is 5.56 Å². The van der Waals surface area contributed by atoms with E-state index in [9.17, 15) is 15.0 Å². The van der Waals surface area contributed by atoms with Gasteiger partial charge >= 0.3 is 0 Å². The standard InChI is InChI=1S/C20H19N5O5.CH3B/c1-2-8-29-16-15(27)13(9-26)30-20(16)25-11-23-14-17(21-10-22-18(14)25)24-19(28)12-6-4-3-5-7-12;1-2/h1,3-7,10-11,13,15-16,20,26-27H,8-9H2,(H,21,22,24,28);1H3/t13-,15+,16?,20-;/m1./s1. The van der Waals surface area contributed by atoms with Crippen molar-refractivity contribution in [3.8, 4) is 12.3 Å². The summed E-state index contributed by atoms with van der Waals surface area (Å²) in [6.07, 6.45) is 4.38. The summed E-state index contributed by atoms with van der Waals surface area (Å²) in [7, 11) is 4.50. The summed E-state index contributed by atoms with van der Waals surface area (Å²) in [5, 5.41) is 22.6. The summed E-state index contributed by atoms with van der Waals surface area (Å²) in [6.45, 7) is 1.06. The minimum atomic E-state index is -1.09. The predicted octanol–water partition coefficient (Wildman–Crippen LogP) is 0.551. The van der Waals surface area contributed by atoms with Gasteiger partial charge in [-0.3, -0.25) is 9.36 Å². The molecular formula is C21H22BN5O5. The number of aliphatic hydroxyl groups excluding tert-OH is 2. The van der Waals surface area contributed by atoms with E-state index in [0.717, 1.165) is 0 Å². The van der Waals surface area contributed by atoms with Gasteiger partial charge in [0.1, 0.15) is 31.2 Å². The van der Waals surface area contributed by atoms with E-state index in [2.05, 4.69) is 34.0 Å². The molecule has 11 heteroatoms. The highest BCUT2D eigenvalue weighted by atomic mass is 16.6. The average Bonchev–Trinajstić information content (AvgIpc) is 3.40. The number of benzene rings is 1. The Kier molecular flexibility index (Phi) is 7.91. The first-order chi connectivity index (χ1) is 15.6. The Labute approximate surface area is 186 Å². The average molecular weight is 435 g/mol. The lowest BCUT2D eigenvalue weighted by Crippen LogP contribution is -2.35. The first-order valence-corrected chi connectivity index (χ1v) is 9.75. The highest BCUT2D eigenvalue weighted by molar-refractivity contribution is 6.06. The second-order valence-electron chi connectivity index (χ2n) is 6.58. The molecule has 32 heavy (non-hydrogen) atoms. The minimum Gasteiger partial charge on any atom is -0.394 e. The second kappa shape index (κ2) is 10.8. The Morgan fingerprint density at radius 3 is 2.75 bits per heavy atom. The van der Waals surface area contributed by atoms with Gasteiger partial charge in [0.25, 0.3) is 5.91 Å². The van der Waals surface area contributed by atoms with Crippen molar-refractivity contribution in [3.63, 3.8) is 0 Å². The fourth-order valence-electron chi connectivity index (χ4n) is 3.32. The Morgan fingerprint density at radius 1 is 1.31 bits per heavy atom. The van der Waals surface area contributed by atoms with Gasteiger partial charge in [0.2, 0.25) is 0 Å². The fourth-order valence-corrected chi connectivity index (χ4v) is 3.32. The molecule has 4 atom stereocenters. The summed E-state index contributed by atoms with van der Waals surface area (Å²) >= 11 is 0. The molecule has 1 saturated heterocycles. The highest BCUT2D eigenvalue weighted by Gasteiger charge is 2.45. The number of rotatable bonds is 6. The molecule has 3 aromatic rings. The number of hydrogen-bond donors (Lipinski definition) is 3. The van der Waals surface area contributed by atoms with Crippen molar-refractivity contribution in [3.05, 3.63) is 48.5 Å². The molecular weight excluding hydrogens is 413 g/mol. The first kappa shape index (κ1) is 23.4. The summed E-state index contributed by atoms with van der Waals surface area (Å²) in [6, 6.07) is 8.70. The smallest absolute Gasteiger partial charge is 0.256 e. The van der Waals surface area contributed by atoms with Crippen LogP contribution < -0.4 is 5.32 Å². The van der Waals surface area contributed by atoms with Crippen LogP contribution in [-0.4, -0.2) is 75.0 Å². The summed E-state index contributed by atoms with van der Waals surface area (Å²) in [4.78, 5) is 25.1. The molecule has 0 saturated carbocycles. The topological polar surface area (TPSA) is 132 Å². The molecule has 3 heterocycles. The number of ether oxygens (including phenoxy) is 2. The molecule has 164 valence electrons. The number of terminal acetylenes is 1. The largest absolute Gasteiger partial charge is 0.394 e. The maximum Gasteiger partial charge on any atom is 0.256 e. The number of fused-ring (bicyclic) bond motifs is 1. The van der Waals surface area contributed by atoms with E-state index in [1.807, 2.05) is 6.07 Å². The zero-order valence-corrected chi connectivity index (χ0v) is 17.3. The summed E-state index contributed by atoms with van der Waals surface area (Å²) < 4.78 is 12.9. The van der Waals surface area contributed by atoms with Crippen LogP contribution in [0.2, 0.25) is 6.82 Å². The Balaban J connectivity index is 0.00000141. The molecule has 1 aromatic carbocycles. The van der Waals surface area contributed by atoms with E-state index in [1.165, 1.54) is 19.5 Å². The maximum absolute atomic E-state index is 12.5. The Morgan fingerprint density at radius 2 is 2.06 bits per heavy atom. The summed E-state index contributed by atoms with van der Waals surface area (Å²) in [5.41, 5.74) is 1.17. The number of hydrogen-bond acceptors (Lipinski definition) is 8. The molecule has 1 fully saturated rings. The number of carbonyl (C=O) groups excluding carboxylic acids is 1. The molecule has 0 spiro atoms. The predicted molar refractivity (Wildman–Crippen MR) is 117 cm³/mol. The molecule has 0 bridgehead atoms. The molecule has 0 aliphatic carbocycles. The van der Waals surface area contributed by atoms with Gasteiger partial charge < -0.3 is 25.0 Å². The van der Waals surface area contributed by atoms with Crippen molar-refractivity contribution >= 4 is 30.7 Å². The van der Waals surface area contributed by atoms with E-state index in [0.29, 0.717) is 16.7 Å². The normalized spacial score (nSPS) is 22.1. The third-order valence-corrected chi connectivity index (χ3v) is 4.75. The number of aliphatic hydroxyl groups is 2. The molecule has 2 aromatic heterocycles. The van der Waals surface area contributed by atoms with Crippen LogP contribution in [0.25, 0.3) is 11.2 Å². The number of imidazole rings is 1. The molecule has 1 unspecified atom stereocenters. The molecule has 10 nitrogen and oxygen atoms in total. The Bertz CT molecular complexity index is 1090. The van der Waals surface area contributed by atoms with Crippen molar-refractivity contribution < 1.29 is 24.5 Å². The number of anilines is 1. The number of carbonyl (C=O) groups is 1. The van der Waals surface area contributed by atoms with E-state index in [4.69, 9.17) is 15.9 Å². The van der Waals surface area contributed by atoms with Gasteiger partial charge in [0.15, 0.2) is 23.2 Å². The summed E-state index contributed by atoms with van der Waals surface area (Å²) in [5.74, 6) is 2.24. The van der Waals surface area contributed by atoms with Crippen LogP contribution in [-0.2, 0) is 9.47 Å². The number of nitrogens with zero attached hydrogens (tertiary/aromatic N) is 4. The monoisotopic (exact) mass is 435 g/mol. The minimum absolute atomic E-state index is 0.0419. The third-order valence-electron chi connectivity index (χ3n) is 4.75. The van der Waals surface area contributed by atoms with E-state index in [-0.39, 0.29) is 18.3 Å². The fraction of sp³-hybridized carbons (Fsp3) is 0.333. The molecule has 1 aliphatic rings.